The van der Waals surface area contributed by atoms with Crippen molar-refractivity contribution < 1.29 is 14.3 Å². The monoisotopic (exact) mass is 278 g/mol. The van der Waals surface area contributed by atoms with E-state index in [2.05, 4.69) is 10.6 Å². The van der Waals surface area contributed by atoms with Crippen molar-refractivity contribution in [1.29, 1.82) is 0 Å². The fourth-order valence-electron chi connectivity index (χ4n) is 1.67. The van der Waals surface area contributed by atoms with Gasteiger partial charge in [-0.1, -0.05) is 32.0 Å². The molecule has 0 aliphatic carbocycles. The Labute approximate surface area is 119 Å². The predicted octanol–water partition coefficient (Wildman–Crippen LogP) is 1.33. The van der Waals surface area contributed by atoms with Crippen molar-refractivity contribution in [3.05, 3.63) is 35.4 Å². The van der Waals surface area contributed by atoms with Crippen molar-refractivity contribution in [3.8, 4) is 0 Å². The van der Waals surface area contributed by atoms with E-state index in [1.165, 1.54) is 7.11 Å². The number of ether oxygens (including phenoxy) is 1. The zero-order valence-electron chi connectivity index (χ0n) is 12.2. The number of methoxy groups -OCH3 is 1. The van der Waals surface area contributed by atoms with Crippen LogP contribution in [0.15, 0.2) is 24.3 Å². The van der Waals surface area contributed by atoms with Gasteiger partial charge in [-0.15, -0.1) is 0 Å². The third-order valence-corrected chi connectivity index (χ3v) is 2.73. The first-order chi connectivity index (χ1) is 9.54. The van der Waals surface area contributed by atoms with Crippen LogP contribution in [-0.2, 0) is 16.1 Å². The highest BCUT2D eigenvalue weighted by Gasteiger charge is 2.10. The minimum atomic E-state index is -0.369. The largest absolute Gasteiger partial charge is 0.465 e. The molecule has 0 unspecified atom stereocenters. The lowest BCUT2D eigenvalue weighted by atomic mass is 10.1. The molecule has 1 aromatic rings. The summed E-state index contributed by atoms with van der Waals surface area (Å²) in [4.78, 5) is 23.1. The summed E-state index contributed by atoms with van der Waals surface area (Å²) in [6, 6.07) is 7.18. The van der Waals surface area contributed by atoms with Crippen molar-refractivity contribution >= 4 is 11.9 Å². The summed E-state index contributed by atoms with van der Waals surface area (Å²) in [6.07, 6.45) is 0. The quantitative estimate of drug-likeness (QED) is 0.739. The molecule has 0 aliphatic heterocycles. The van der Waals surface area contributed by atoms with E-state index in [-0.39, 0.29) is 18.4 Å². The predicted molar refractivity (Wildman–Crippen MR) is 77.3 cm³/mol. The summed E-state index contributed by atoms with van der Waals surface area (Å²) < 4.78 is 4.72. The molecule has 2 N–H and O–H groups in total. The lowest BCUT2D eigenvalue weighted by molar-refractivity contribution is -0.120. The molecule has 5 nitrogen and oxygen atoms in total. The van der Waals surface area contributed by atoms with Crippen molar-refractivity contribution in [1.82, 2.24) is 10.6 Å². The molecule has 0 saturated carbocycles. The molecule has 5 heteroatoms. The van der Waals surface area contributed by atoms with Gasteiger partial charge in [-0.3, -0.25) is 4.79 Å². The molecule has 0 heterocycles. The molecule has 0 fully saturated rings. The van der Waals surface area contributed by atoms with Crippen LogP contribution in [0, 0.1) is 5.92 Å². The van der Waals surface area contributed by atoms with Crippen molar-refractivity contribution in [2.45, 2.75) is 20.4 Å². The second-order valence-corrected chi connectivity index (χ2v) is 4.95. The SMILES string of the molecule is COC(=O)c1ccccc1CNCC(=O)NCC(C)C. The van der Waals surface area contributed by atoms with E-state index < -0.39 is 0 Å². The summed E-state index contributed by atoms with van der Waals surface area (Å²) in [5.74, 6) is 0.0138. The van der Waals surface area contributed by atoms with Gasteiger partial charge in [-0.2, -0.15) is 0 Å². The highest BCUT2D eigenvalue weighted by molar-refractivity contribution is 5.91. The lowest BCUT2D eigenvalue weighted by Crippen LogP contribution is -2.35. The molecule has 0 radical (unpaired) electrons. The first-order valence-electron chi connectivity index (χ1n) is 6.68. The van der Waals surface area contributed by atoms with Crippen LogP contribution in [0.2, 0.25) is 0 Å². The zero-order valence-corrected chi connectivity index (χ0v) is 12.2. The number of nitrogens with one attached hydrogen (secondary N) is 2. The smallest absolute Gasteiger partial charge is 0.338 e. The van der Waals surface area contributed by atoms with Crippen LogP contribution >= 0.6 is 0 Å². The number of esters is 1. The second-order valence-electron chi connectivity index (χ2n) is 4.95. The van der Waals surface area contributed by atoms with Gasteiger partial charge < -0.3 is 15.4 Å². The Balaban J connectivity index is 2.46. The average Bonchev–Trinajstić information content (AvgIpc) is 2.45. The summed E-state index contributed by atoms with van der Waals surface area (Å²) in [7, 11) is 1.35. The highest BCUT2D eigenvalue weighted by Crippen LogP contribution is 2.09. The van der Waals surface area contributed by atoms with Gasteiger partial charge in [0, 0.05) is 13.1 Å². The van der Waals surface area contributed by atoms with Crippen molar-refractivity contribution in [3.63, 3.8) is 0 Å². The van der Waals surface area contributed by atoms with Gasteiger partial charge in [0.2, 0.25) is 5.91 Å². The fourth-order valence-corrected chi connectivity index (χ4v) is 1.67. The van der Waals surface area contributed by atoms with E-state index in [0.717, 1.165) is 5.56 Å². The molecule has 0 spiro atoms. The van der Waals surface area contributed by atoms with E-state index in [1.807, 2.05) is 26.0 Å². The lowest BCUT2D eigenvalue weighted by Gasteiger charge is -2.10. The van der Waals surface area contributed by atoms with Gasteiger partial charge in [-0.25, -0.2) is 4.79 Å². The maximum absolute atomic E-state index is 11.6. The van der Waals surface area contributed by atoms with Gasteiger partial charge in [0.15, 0.2) is 0 Å². The minimum Gasteiger partial charge on any atom is -0.465 e. The Morgan fingerprint density at radius 3 is 2.60 bits per heavy atom. The van der Waals surface area contributed by atoms with Gasteiger partial charge in [0.25, 0.3) is 0 Å². The molecule has 0 aliphatic rings. The van der Waals surface area contributed by atoms with E-state index in [9.17, 15) is 9.59 Å². The van der Waals surface area contributed by atoms with E-state index in [1.54, 1.807) is 12.1 Å². The average molecular weight is 278 g/mol. The molecule has 1 rings (SSSR count). The molecule has 0 bridgehead atoms. The van der Waals surface area contributed by atoms with Crippen molar-refractivity contribution in [2.75, 3.05) is 20.2 Å². The Morgan fingerprint density at radius 1 is 1.25 bits per heavy atom. The molecule has 1 aromatic carbocycles. The minimum absolute atomic E-state index is 0.0470. The number of amides is 1. The van der Waals surface area contributed by atoms with Crippen molar-refractivity contribution in [2.24, 2.45) is 5.92 Å². The first-order valence-corrected chi connectivity index (χ1v) is 6.68. The Kier molecular flexibility index (Phi) is 6.73. The van der Waals surface area contributed by atoms with Crippen LogP contribution in [0.25, 0.3) is 0 Å². The first kappa shape index (κ1) is 16.2. The maximum atomic E-state index is 11.6. The number of carbonyl (C=O) groups excluding carboxylic acids is 2. The normalized spacial score (nSPS) is 10.4. The molecule has 1 amide bonds. The Bertz CT molecular complexity index is 458. The van der Waals surface area contributed by atoms with Crippen LogP contribution in [0.1, 0.15) is 29.8 Å². The Hall–Kier alpha value is -1.88. The van der Waals surface area contributed by atoms with Gasteiger partial charge >= 0.3 is 5.97 Å². The number of benzene rings is 1. The summed E-state index contributed by atoms with van der Waals surface area (Å²) in [6.45, 7) is 5.42. The van der Waals surface area contributed by atoms with Crippen LogP contribution in [-0.4, -0.2) is 32.1 Å². The van der Waals surface area contributed by atoms with Gasteiger partial charge in [0.1, 0.15) is 0 Å². The maximum Gasteiger partial charge on any atom is 0.338 e. The van der Waals surface area contributed by atoms with E-state index in [0.29, 0.717) is 24.6 Å². The standard InChI is InChI=1S/C15H22N2O3/c1-11(2)8-17-14(18)10-16-9-12-6-4-5-7-13(12)15(19)20-3/h4-7,11,16H,8-10H2,1-3H3,(H,17,18). The molecule has 110 valence electrons. The third kappa shape index (κ3) is 5.40. The fraction of sp³-hybridized carbons (Fsp3) is 0.467. The number of hydrogen-bond donors (Lipinski definition) is 2. The molecule has 0 atom stereocenters. The van der Waals surface area contributed by atoms with E-state index in [4.69, 9.17) is 4.74 Å². The highest BCUT2D eigenvalue weighted by atomic mass is 16.5. The molecule has 20 heavy (non-hydrogen) atoms. The zero-order chi connectivity index (χ0) is 15.0. The second kappa shape index (κ2) is 8.32. The molecule has 0 saturated heterocycles. The summed E-state index contributed by atoms with van der Waals surface area (Å²) in [5, 5.41) is 5.85. The number of carbonyl (C=O) groups is 2. The third-order valence-electron chi connectivity index (χ3n) is 2.73. The Morgan fingerprint density at radius 2 is 1.95 bits per heavy atom. The molecular weight excluding hydrogens is 256 g/mol. The van der Waals surface area contributed by atoms with Crippen LogP contribution in [0.4, 0.5) is 0 Å². The van der Waals surface area contributed by atoms with Crippen LogP contribution in [0.3, 0.4) is 0 Å². The molecule has 0 aromatic heterocycles. The number of rotatable bonds is 7. The summed E-state index contributed by atoms with van der Waals surface area (Å²) >= 11 is 0. The summed E-state index contributed by atoms with van der Waals surface area (Å²) in [5.41, 5.74) is 1.33. The van der Waals surface area contributed by atoms with Crippen LogP contribution in [0.5, 0.6) is 0 Å². The molecular formula is C15H22N2O3. The van der Waals surface area contributed by atoms with Gasteiger partial charge in [0.05, 0.1) is 19.2 Å². The van der Waals surface area contributed by atoms with Crippen LogP contribution < -0.4 is 10.6 Å². The van der Waals surface area contributed by atoms with E-state index >= 15 is 0 Å². The van der Waals surface area contributed by atoms with Gasteiger partial charge in [-0.05, 0) is 17.5 Å². The topological polar surface area (TPSA) is 67.4 Å². The number of hydrogen-bond acceptors (Lipinski definition) is 4.